The molecule has 3 atom stereocenters. The Kier molecular flexibility index (Phi) is 34.5. The van der Waals surface area contributed by atoms with Crippen LogP contribution in [0.2, 0.25) is 0 Å². The zero-order valence-corrected chi connectivity index (χ0v) is 35.7. The second-order valence-electron chi connectivity index (χ2n) is 14.2. The monoisotopic (exact) mass is 783 g/mol. The number of allylic oxidation sites excluding steroid dienone is 19. The van der Waals surface area contributed by atoms with Gasteiger partial charge in [-0.1, -0.05) is 135 Å². The van der Waals surface area contributed by atoms with Crippen LogP contribution in [0.5, 0.6) is 0 Å². The van der Waals surface area contributed by atoms with Crippen molar-refractivity contribution >= 4 is 13.7 Å². The van der Waals surface area contributed by atoms with Crippen LogP contribution in [0.15, 0.2) is 122 Å². The van der Waals surface area contributed by atoms with Gasteiger partial charge in [-0.2, -0.15) is 0 Å². The van der Waals surface area contributed by atoms with E-state index in [4.69, 9.17) is 9.05 Å². The van der Waals surface area contributed by atoms with Crippen LogP contribution in [0.4, 0.5) is 0 Å². The summed E-state index contributed by atoms with van der Waals surface area (Å²) in [6.45, 7) is 4.28. The summed E-state index contributed by atoms with van der Waals surface area (Å²) in [4.78, 5) is 25.2. The molecule has 0 radical (unpaired) electrons. The van der Waals surface area contributed by atoms with Gasteiger partial charge in [-0.15, -0.1) is 0 Å². The Labute approximate surface area is 335 Å². The molecule has 8 nitrogen and oxygen atoms in total. The summed E-state index contributed by atoms with van der Waals surface area (Å²) in [6, 6.07) is -0.947. The van der Waals surface area contributed by atoms with Crippen LogP contribution in [0, 0.1) is 0 Å². The van der Waals surface area contributed by atoms with E-state index in [9.17, 15) is 19.4 Å². The Morgan fingerprint density at radius 2 is 1.04 bits per heavy atom. The van der Waals surface area contributed by atoms with Crippen molar-refractivity contribution in [3.05, 3.63) is 122 Å². The van der Waals surface area contributed by atoms with Gasteiger partial charge < -0.3 is 28.8 Å². The Bertz CT molecular complexity index is 1300. The van der Waals surface area contributed by atoms with Crippen molar-refractivity contribution in [2.75, 3.05) is 40.9 Å². The predicted molar refractivity (Wildman–Crippen MR) is 232 cm³/mol. The van der Waals surface area contributed by atoms with Gasteiger partial charge in [0.2, 0.25) is 5.91 Å². The Morgan fingerprint density at radius 1 is 0.636 bits per heavy atom. The number of phosphoric ester groups is 1. The van der Waals surface area contributed by atoms with E-state index in [2.05, 4.69) is 129 Å². The van der Waals surface area contributed by atoms with Gasteiger partial charge in [-0.3, -0.25) is 9.36 Å². The lowest BCUT2D eigenvalue weighted by molar-refractivity contribution is -0.870. The van der Waals surface area contributed by atoms with E-state index in [1.165, 1.54) is 0 Å². The molecular weight excluding hydrogens is 707 g/mol. The number of carbonyl (C=O) groups is 1. The highest BCUT2D eigenvalue weighted by molar-refractivity contribution is 7.45. The number of hydrogen-bond donors (Lipinski definition) is 2. The fourth-order valence-corrected chi connectivity index (χ4v) is 5.43. The van der Waals surface area contributed by atoms with Gasteiger partial charge in [0.1, 0.15) is 13.2 Å². The lowest BCUT2D eigenvalue weighted by Gasteiger charge is -2.29. The molecule has 0 aliphatic carbocycles. The minimum Gasteiger partial charge on any atom is -0.756 e. The molecule has 9 heteroatoms. The molecular formula is C46H75N2O6P. The molecule has 0 aliphatic rings. The third-order valence-electron chi connectivity index (χ3n) is 7.89. The van der Waals surface area contributed by atoms with Crippen LogP contribution in [0.25, 0.3) is 0 Å². The van der Waals surface area contributed by atoms with E-state index in [1.54, 1.807) is 6.08 Å². The van der Waals surface area contributed by atoms with Crippen molar-refractivity contribution in [2.24, 2.45) is 0 Å². The van der Waals surface area contributed by atoms with Crippen LogP contribution in [-0.4, -0.2) is 68.5 Å². The second-order valence-corrected chi connectivity index (χ2v) is 15.6. The molecule has 3 unspecified atom stereocenters. The first-order chi connectivity index (χ1) is 26.5. The fraction of sp³-hybridized carbons (Fsp3) is 0.543. The molecule has 0 aromatic rings. The molecule has 0 aromatic heterocycles. The van der Waals surface area contributed by atoms with Crippen LogP contribution in [-0.2, 0) is 18.4 Å². The number of phosphoric acid groups is 1. The van der Waals surface area contributed by atoms with Crippen LogP contribution < -0.4 is 10.2 Å². The molecule has 0 spiro atoms. The minimum atomic E-state index is -4.62. The molecule has 0 saturated carbocycles. The topological polar surface area (TPSA) is 108 Å². The highest BCUT2D eigenvalue weighted by Crippen LogP contribution is 2.38. The first-order valence-corrected chi connectivity index (χ1v) is 21.9. The molecule has 1 amide bonds. The molecule has 0 fully saturated rings. The van der Waals surface area contributed by atoms with Crippen molar-refractivity contribution in [3.63, 3.8) is 0 Å². The number of nitrogens with one attached hydrogen (secondary N) is 1. The van der Waals surface area contributed by atoms with E-state index < -0.39 is 26.6 Å². The number of nitrogens with zero attached hydrogens (tertiary/aromatic N) is 1. The second kappa shape index (κ2) is 36.5. The maximum absolute atomic E-state index is 12.8. The first kappa shape index (κ1) is 51.9. The standard InChI is InChI=1S/C46H75N2O6P/c1-6-8-10-12-14-16-18-19-20-21-22-23-24-25-26-27-28-29-30-32-34-36-38-40-46(50)47-44(43-54-55(51,52)53-42-41-48(3,4)5)45(49)39-37-35-33-31-17-15-13-11-9-7-2/h8-11,14,16-17,19-20,22-23,25-26,28-29,31-32,34,37,39,44-45,49H,6-7,12-13,15,18,21,24,27,30,33,35-36,38,40-43H2,1-5H3,(H-,47,50,51,52)/b10-8-,11-9+,16-14-,20-19-,23-22-,26-25-,29-28-,31-17+,34-32-,39-37+. The molecule has 0 saturated heterocycles. The molecule has 0 aliphatic heterocycles. The molecule has 0 bridgehead atoms. The SMILES string of the molecule is CC/C=C\C/C=C\C/C=C\C/C=C\C/C=C\C/C=C\C/C=C\CCCC(=O)NC(COP(=O)([O-])OCC[N+](C)(C)C)C(O)/C=C/CC/C=C/CC/C=C/CC. The number of quaternary nitrogens is 1. The van der Waals surface area contributed by atoms with Gasteiger partial charge in [0.25, 0.3) is 7.82 Å². The van der Waals surface area contributed by atoms with Crippen LogP contribution >= 0.6 is 7.82 Å². The van der Waals surface area contributed by atoms with Crippen LogP contribution in [0.3, 0.4) is 0 Å². The zero-order valence-electron chi connectivity index (χ0n) is 34.8. The molecule has 0 aromatic carbocycles. The highest BCUT2D eigenvalue weighted by atomic mass is 31.2. The number of aliphatic hydroxyl groups is 1. The summed E-state index contributed by atoms with van der Waals surface area (Å²) in [5.41, 5.74) is 0. The average molecular weight is 783 g/mol. The molecule has 55 heavy (non-hydrogen) atoms. The van der Waals surface area contributed by atoms with Crippen molar-refractivity contribution in [1.29, 1.82) is 0 Å². The molecule has 2 N–H and O–H groups in total. The third-order valence-corrected chi connectivity index (χ3v) is 8.86. The number of aliphatic hydroxyl groups excluding tert-OH is 1. The first-order valence-electron chi connectivity index (χ1n) is 20.4. The maximum atomic E-state index is 12.8. The van der Waals surface area contributed by atoms with Gasteiger partial charge in [0.15, 0.2) is 0 Å². The van der Waals surface area contributed by atoms with E-state index >= 15 is 0 Å². The lowest BCUT2D eigenvalue weighted by atomic mass is 10.1. The third kappa shape index (κ3) is 39.0. The largest absolute Gasteiger partial charge is 0.756 e. The van der Waals surface area contributed by atoms with Gasteiger partial charge in [0.05, 0.1) is 39.9 Å². The van der Waals surface area contributed by atoms with Crippen molar-refractivity contribution in [1.82, 2.24) is 5.32 Å². The van der Waals surface area contributed by atoms with Crippen LogP contribution in [0.1, 0.15) is 110 Å². The van der Waals surface area contributed by atoms with Gasteiger partial charge >= 0.3 is 0 Å². The zero-order chi connectivity index (χ0) is 40.7. The normalized spacial score (nSPS) is 15.7. The summed E-state index contributed by atoms with van der Waals surface area (Å²) >= 11 is 0. The fourth-order valence-electron chi connectivity index (χ4n) is 4.71. The maximum Gasteiger partial charge on any atom is 0.268 e. The smallest absolute Gasteiger partial charge is 0.268 e. The number of rotatable bonds is 34. The van der Waals surface area contributed by atoms with Crippen molar-refractivity contribution in [3.8, 4) is 0 Å². The van der Waals surface area contributed by atoms with Gasteiger partial charge in [-0.05, 0) is 89.9 Å². The van der Waals surface area contributed by atoms with Gasteiger partial charge in [-0.25, -0.2) is 0 Å². The average Bonchev–Trinajstić information content (AvgIpc) is 3.13. The van der Waals surface area contributed by atoms with E-state index in [1.807, 2.05) is 27.2 Å². The minimum absolute atomic E-state index is 0.0280. The summed E-state index contributed by atoms with van der Waals surface area (Å²) in [5, 5.41) is 13.6. The summed E-state index contributed by atoms with van der Waals surface area (Å²) in [6.07, 6.45) is 54.1. The number of carbonyl (C=O) groups excluding carboxylic acids is 1. The molecule has 310 valence electrons. The Balaban J connectivity index is 4.57. The van der Waals surface area contributed by atoms with E-state index in [0.717, 1.165) is 77.0 Å². The summed E-state index contributed by atoms with van der Waals surface area (Å²) < 4.78 is 23.0. The highest BCUT2D eigenvalue weighted by Gasteiger charge is 2.23. The Hall–Kier alpha value is -3.10. The number of amides is 1. The van der Waals surface area contributed by atoms with Crippen molar-refractivity contribution < 1.29 is 32.9 Å². The molecule has 0 rings (SSSR count). The Morgan fingerprint density at radius 3 is 1.51 bits per heavy atom. The van der Waals surface area contributed by atoms with E-state index in [-0.39, 0.29) is 18.9 Å². The van der Waals surface area contributed by atoms with Crippen molar-refractivity contribution in [2.45, 2.75) is 122 Å². The summed E-state index contributed by atoms with van der Waals surface area (Å²) in [5.74, 6) is -0.279. The van der Waals surface area contributed by atoms with E-state index in [0.29, 0.717) is 23.9 Å². The molecule has 0 heterocycles. The lowest BCUT2D eigenvalue weighted by Crippen LogP contribution is -2.45. The predicted octanol–water partition coefficient (Wildman–Crippen LogP) is 10.5. The number of hydrogen-bond acceptors (Lipinski definition) is 6. The number of unbranched alkanes of at least 4 members (excludes halogenated alkanes) is 3. The quantitative estimate of drug-likeness (QED) is 0.0291. The summed E-state index contributed by atoms with van der Waals surface area (Å²) in [7, 11) is 1.17. The van der Waals surface area contributed by atoms with Gasteiger partial charge in [0, 0.05) is 6.42 Å². The number of likely N-dealkylation sites (N-methyl/N-ethyl adjacent to an activating group) is 1.